The zero-order valence-electron chi connectivity index (χ0n) is 14.9. The van der Waals surface area contributed by atoms with Crippen LogP contribution in [0.2, 0.25) is 0 Å². The summed E-state index contributed by atoms with van der Waals surface area (Å²) in [4.78, 5) is 10.7. The topological polar surface area (TPSA) is 37.3 Å². The Morgan fingerprint density at radius 1 is 2.12 bits per heavy atom. The second-order valence-electron chi connectivity index (χ2n) is 0.930. The monoisotopic (exact) mass is 127 g/mol. The van der Waals surface area contributed by atoms with Crippen molar-refractivity contribution in [2.45, 2.75) is 26.4 Å². The average Bonchev–Trinajstić information content (AvgIpc) is 2.11. The van der Waals surface area contributed by atoms with Gasteiger partial charge in [0.05, 0.1) is 0 Å². The van der Waals surface area contributed by atoms with Crippen LogP contribution in [0.15, 0.2) is 0 Å². The molecule has 1 N–H and O–H groups in total. The normalized spacial score (nSPS) is 38.2. The van der Waals surface area contributed by atoms with Crippen LogP contribution in [0.1, 0.15) is 41.5 Å². The van der Waals surface area contributed by atoms with E-state index in [4.69, 9.17) is 20.2 Å². The van der Waals surface area contributed by atoms with Crippen LogP contribution < -0.4 is 0 Å². The fourth-order valence-corrected chi connectivity index (χ4v) is 0.116. The molecule has 0 rings (SSSR count). The predicted molar refractivity (Wildman–Crippen MR) is 31.7 cm³/mol. The Labute approximate surface area is 65.0 Å². The SMILES string of the molecule is [2H]C([2H])([2H])C([2H])(C([2H])([2H])[2H])C([2H])([2H])C([2H])([2H])C(=O)O. The lowest BCUT2D eigenvalue weighted by molar-refractivity contribution is -0.137. The highest BCUT2D eigenvalue weighted by Gasteiger charge is 1.97. The number of hydrogen-bond acceptors (Lipinski definition) is 1. The average molecular weight is 127 g/mol. The molecular formula is C6H12O2. The van der Waals surface area contributed by atoms with Gasteiger partial charge in [-0.2, -0.15) is 0 Å². The minimum absolute atomic E-state index is 2.39. The molecule has 8 heavy (non-hydrogen) atoms. The van der Waals surface area contributed by atoms with Crippen molar-refractivity contribution < 1.29 is 25.0 Å². The van der Waals surface area contributed by atoms with Crippen molar-refractivity contribution in [3.8, 4) is 0 Å². The summed E-state index contributed by atoms with van der Waals surface area (Å²) in [6.45, 7) is -7.52. The van der Waals surface area contributed by atoms with E-state index in [-0.39, 0.29) is 0 Å². The van der Waals surface area contributed by atoms with Crippen LogP contribution >= 0.6 is 0 Å². The maximum absolute atomic E-state index is 10.7. The van der Waals surface area contributed by atoms with Gasteiger partial charge in [0.15, 0.2) is 0 Å². The second kappa shape index (κ2) is 3.47. The molecule has 48 valence electrons. The number of hydrogen-bond donors (Lipinski definition) is 1. The van der Waals surface area contributed by atoms with Crippen LogP contribution in [-0.2, 0) is 4.79 Å². The third-order valence-electron chi connectivity index (χ3n) is 0.294. The van der Waals surface area contributed by atoms with Crippen molar-refractivity contribution in [2.24, 2.45) is 5.89 Å². The summed E-state index contributed by atoms with van der Waals surface area (Å²) in [7, 11) is 0. The Morgan fingerprint density at radius 3 is 3.12 bits per heavy atom. The number of carboxylic acid groups (broad SMARTS) is 1. The first-order valence-electron chi connectivity index (χ1n) is 7.18. The maximum atomic E-state index is 10.7. The molecule has 0 unspecified atom stereocenters. The molecule has 0 aliphatic heterocycles. The van der Waals surface area contributed by atoms with Gasteiger partial charge in [0.1, 0.15) is 0 Å². The Hall–Kier alpha value is -0.530. The molecule has 0 radical (unpaired) electrons. The standard InChI is InChI=1S/C6H12O2/c1-5(2)3-4-6(7)8/h5H,3-4H2,1-2H3,(H,7,8)/i1D3,2D3,3D2,4D2,5D. The summed E-state index contributed by atoms with van der Waals surface area (Å²) in [5.41, 5.74) is 0. The van der Waals surface area contributed by atoms with Crippen LogP contribution in [0, 0.1) is 5.89 Å². The Bertz CT molecular complexity index is 350. The third kappa shape index (κ3) is 5.47. The summed E-state index contributed by atoms with van der Waals surface area (Å²) in [5, 5.41) is 8.61. The molecule has 0 amide bonds. The van der Waals surface area contributed by atoms with Gasteiger partial charge >= 0.3 is 5.97 Å². The van der Waals surface area contributed by atoms with Crippen LogP contribution in [0.3, 0.4) is 0 Å². The number of carboxylic acids is 1. The number of carbonyl (C=O) groups is 1. The van der Waals surface area contributed by atoms with Crippen LogP contribution in [0.4, 0.5) is 0 Å². The van der Waals surface area contributed by atoms with Gasteiger partial charge in [-0.05, 0) is 12.3 Å². The largest absolute Gasteiger partial charge is 0.481 e. The van der Waals surface area contributed by atoms with Crippen LogP contribution in [0.5, 0.6) is 0 Å². The van der Waals surface area contributed by atoms with Gasteiger partial charge in [0, 0.05) is 21.5 Å². The first-order valence-corrected chi connectivity index (χ1v) is 1.68. The highest BCUT2D eigenvalue weighted by atomic mass is 16.4. The van der Waals surface area contributed by atoms with Crippen LogP contribution in [0.25, 0.3) is 0 Å². The quantitative estimate of drug-likeness (QED) is 0.624. The Balaban J connectivity index is 6.29. The van der Waals surface area contributed by atoms with Crippen molar-refractivity contribution in [2.75, 3.05) is 0 Å². The number of rotatable bonds is 3. The van der Waals surface area contributed by atoms with E-state index >= 15 is 0 Å². The first-order chi connectivity index (χ1) is 7.94. The summed E-state index contributed by atoms with van der Waals surface area (Å²) in [5.74, 6) is -6.32. The molecule has 0 spiro atoms. The zero-order chi connectivity index (χ0) is 16.1. The van der Waals surface area contributed by atoms with Gasteiger partial charge in [-0.3, -0.25) is 4.79 Å². The van der Waals surface area contributed by atoms with Gasteiger partial charge in [0.25, 0.3) is 0 Å². The third-order valence-corrected chi connectivity index (χ3v) is 0.294. The highest BCUT2D eigenvalue weighted by Crippen LogP contribution is 2.01. The molecule has 0 saturated carbocycles. The smallest absolute Gasteiger partial charge is 0.303 e. The Morgan fingerprint density at radius 2 is 2.75 bits per heavy atom. The van der Waals surface area contributed by atoms with Gasteiger partial charge < -0.3 is 5.11 Å². The zero-order valence-corrected chi connectivity index (χ0v) is 3.86. The summed E-state index contributed by atoms with van der Waals surface area (Å²) < 4.78 is 78.3. The summed E-state index contributed by atoms with van der Waals surface area (Å²) >= 11 is 0. The van der Waals surface area contributed by atoms with Crippen molar-refractivity contribution >= 4 is 5.97 Å². The molecule has 0 saturated heterocycles. The van der Waals surface area contributed by atoms with Gasteiger partial charge in [-0.1, -0.05) is 13.7 Å². The van der Waals surface area contributed by atoms with Crippen molar-refractivity contribution in [3.05, 3.63) is 0 Å². The lowest BCUT2D eigenvalue weighted by Crippen LogP contribution is -1.97. The van der Waals surface area contributed by atoms with Crippen molar-refractivity contribution in [1.29, 1.82) is 0 Å². The van der Waals surface area contributed by atoms with Crippen molar-refractivity contribution in [1.82, 2.24) is 0 Å². The molecule has 0 atom stereocenters. The molecule has 0 bridgehead atoms. The molecule has 0 aromatic carbocycles. The second-order valence-corrected chi connectivity index (χ2v) is 0.930. The van der Waals surface area contributed by atoms with E-state index in [1.165, 1.54) is 0 Å². The van der Waals surface area contributed by atoms with E-state index in [0.717, 1.165) is 0 Å². The maximum Gasteiger partial charge on any atom is 0.303 e. The van der Waals surface area contributed by atoms with E-state index in [0.29, 0.717) is 0 Å². The first kappa shape index (κ1) is 1.02. The fraction of sp³-hybridized carbons (Fsp3) is 0.833. The molecule has 2 heteroatoms. The molecule has 0 heterocycles. The molecule has 0 fully saturated rings. The van der Waals surface area contributed by atoms with Gasteiger partial charge in [-0.25, -0.2) is 0 Å². The van der Waals surface area contributed by atoms with Gasteiger partial charge in [-0.15, -0.1) is 0 Å². The highest BCUT2D eigenvalue weighted by molar-refractivity contribution is 5.66. The Kier molecular flexibility index (Phi) is 0.444. The molecule has 0 aliphatic carbocycles. The van der Waals surface area contributed by atoms with E-state index in [9.17, 15) is 4.79 Å². The van der Waals surface area contributed by atoms with Crippen molar-refractivity contribution in [3.63, 3.8) is 0 Å². The molecular weight excluding hydrogens is 104 g/mol. The van der Waals surface area contributed by atoms with E-state index < -0.39 is 38.3 Å². The van der Waals surface area contributed by atoms with Crippen LogP contribution in [-0.4, -0.2) is 11.1 Å². The lowest BCUT2D eigenvalue weighted by Gasteiger charge is -1.97. The molecule has 0 aliphatic rings. The van der Waals surface area contributed by atoms with Gasteiger partial charge in [0.2, 0.25) is 0 Å². The van der Waals surface area contributed by atoms with E-state index in [1.54, 1.807) is 0 Å². The molecule has 0 aromatic rings. The number of aliphatic carboxylic acids is 1. The predicted octanol–water partition coefficient (Wildman–Crippen LogP) is 1.51. The van der Waals surface area contributed by atoms with E-state index in [2.05, 4.69) is 0 Å². The minimum Gasteiger partial charge on any atom is -0.481 e. The summed E-state index contributed by atoms with van der Waals surface area (Å²) in [6, 6.07) is 0. The minimum atomic E-state index is -3.98. The fourth-order valence-electron chi connectivity index (χ4n) is 0.116. The lowest BCUT2D eigenvalue weighted by atomic mass is 10.1. The summed E-state index contributed by atoms with van der Waals surface area (Å²) in [6.07, 6.45) is -7.85. The molecule has 2 nitrogen and oxygen atoms in total. The van der Waals surface area contributed by atoms with E-state index in [1.807, 2.05) is 0 Å². The molecule has 0 aromatic heterocycles.